The van der Waals surface area contributed by atoms with E-state index in [0.717, 1.165) is 35.2 Å². The second kappa shape index (κ2) is 9.96. The zero-order valence-corrected chi connectivity index (χ0v) is 18.8. The van der Waals surface area contributed by atoms with E-state index in [9.17, 15) is 14.4 Å². The summed E-state index contributed by atoms with van der Waals surface area (Å²) in [7, 11) is 0. The van der Waals surface area contributed by atoms with Gasteiger partial charge in [0.05, 0.1) is 5.92 Å². The predicted octanol–water partition coefficient (Wildman–Crippen LogP) is 4.31. The van der Waals surface area contributed by atoms with Crippen molar-refractivity contribution >= 4 is 40.8 Å². The molecule has 2 amide bonds. The Morgan fingerprint density at radius 2 is 1.77 bits per heavy atom. The van der Waals surface area contributed by atoms with Crippen molar-refractivity contribution < 1.29 is 19.1 Å². The first kappa shape index (κ1) is 22.8. The second-order valence-corrected chi connectivity index (χ2v) is 8.01. The van der Waals surface area contributed by atoms with Gasteiger partial charge in [0.2, 0.25) is 5.91 Å². The van der Waals surface area contributed by atoms with Crippen molar-refractivity contribution in [3.8, 4) is 0 Å². The summed E-state index contributed by atoms with van der Waals surface area (Å²) in [4.78, 5) is 39.0. The number of hydrogen-bond acceptors (Lipinski definition) is 4. The Hall–Kier alpha value is -2.86. The van der Waals surface area contributed by atoms with Crippen LogP contribution in [0.2, 0.25) is 5.02 Å². The number of para-hydroxylation sites is 1. The molecule has 1 fully saturated rings. The van der Waals surface area contributed by atoms with E-state index in [4.69, 9.17) is 16.3 Å². The molecule has 1 heterocycles. The summed E-state index contributed by atoms with van der Waals surface area (Å²) < 4.78 is 5.24. The number of esters is 1. The van der Waals surface area contributed by atoms with Crippen LogP contribution >= 0.6 is 11.6 Å². The van der Waals surface area contributed by atoms with Gasteiger partial charge in [0, 0.05) is 29.4 Å². The maximum Gasteiger partial charge on any atom is 0.311 e. The molecular formula is C24H27ClN2O4. The smallest absolute Gasteiger partial charge is 0.311 e. The first-order chi connectivity index (χ1) is 14.8. The van der Waals surface area contributed by atoms with E-state index in [2.05, 4.69) is 5.32 Å². The molecule has 2 aromatic carbocycles. The van der Waals surface area contributed by atoms with Crippen LogP contribution in [0, 0.1) is 12.8 Å². The SMILES string of the molecule is CCc1cccc(CC)c1NC(=O)COC(=O)[C@H]1CC(=O)N(c2cccc(Cl)c2C)C1. The van der Waals surface area contributed by atoms with Crippen molar-refractivity contribution in [3.05, 3.63) is 58.1 Å². The van der Waals surface area contributed by atoms with Crippen molar-refractivity contribution in [1.29, 1.82) is 0 Å². The van der Waals surface area contributed by atoms with E-state index in [1.54, 1.807) is 23.1 Å². The third kappa shape index (κ3) is 5.07. The molecule has 0 spiro atoms. The lowest BCUT2D eigenvalue weighted by atomic mass is 10.0. The first-order valence-corrected chi connectivity index (χ1v) is 10.9. The molecule has 3 rings (SSSR count). The molecule has 0 saturated carbocycles. The number of hydrogen-bond donors (Lipinski definition) is 1. The van der Waals surface area contributed by atoms with E-state index >= 15 is 0 Å². The average Bonchev–Trinajstić information content (AvgIpc) is 3.15. The minimum absolute atomic E-state index is 0.0467. The Balaban J connectivity index is 1.60. The number of anilines is 2. The number of halogens is 1. The first-order valence-electron chi connectivity index (χ1n) is 10.5. The van der Waals surface area contributed by atoms with E-state index in [0.29, 0.717) is 10.7 Å². The van der Waals surface area contributed by atoms with Crippen LogP contribution in [0.5, 0.6) is 0 Å². The third-order valence-corrected chi connectivity index (χ3v) is 6.01. The normalized spacial score (nSPS) is 15.8. The highest BCUT2D eigenvalue weighted by atomic mass is 35.5. The van der Waals surface area contributed by atoms with Gasteiger partial charge in [-0.2, -0.15) is 0 Å². The molecule has 0 unspecified atom stereocenters. The lowest BCUT2D eigenvalue weighted by Gasteiger charge is -2.19. The summed E-state index contributed by atoms with van der Waals surface area (Å²) in [6.45, 7) is 5.70. The molecule has 164 valence electrons. The molecule has 1 saturated heterocycles. The minimum Gasteiger partial charge on any atom is -0.455 e. The van der Waals surface area contributed by atoms with Gasteiger partial charge in [0.25, 0.3) is 5.91 Å². The zero-order chi connectivity index (χ0) is 22.5. The van der Waals surface area contributed by atoms with Gasteiger partial charge in [0.1, 0.15) is 0 Å². The summed E-state index contributed by atoms with van der Waals surface area (Å²) in [5.74, 6) is -1.73. The van der Waals surface area contributed by atoms with Gasteiger partial charge in [-0.15, -0.1) is 0 Å². The van der Waals surface area contributed by atoms with E-state index < -0.39 is 17.8 Å². The fraction of sp³-hybridized carbons (Fsp3) is 0.375. The van der Waals surface area contributed by atoms with E-state index in [1.807, 2.05) is 39.0 Å². The van der Waals surface area contributed by atoms with Crippen molar-refractivity contribution in [3.63, 3.8) is 0 Å². The maximum atomic E-state index is 12.5. The molecule has 31 heavy (non-hydrogen) atoms. The molecule has 2 aromatic rings. The van der Waals surface area contributed by atoms with E-state index in [1.165, 1.54) is 0 Å². The Kier molecular flexibility index (Phi) is 7.33. The molecule has 7 heteroatoms. The molecule has 1 aliphatic heterocycles. The molecule has 0 aromatic heterocycles. The zero-order valence-electron chi connectivity index (χ0n) is 18.0. The quantitative estimate of drug-likeness (QED) is 0.648. The van der Waals surface area contributed by atoms with Gasteiger partial charge < -0.3 is 15.0 Å². The Morgan fingerprint density at radius 3 is 2.42 bits per heavy atom. The number of benzene rings is 2. The number of nitrogens with one attached hydrogen (secondary N) is 1. The molecule has 1 aliphatic rings. The molecule has 0 bridgehead atoms. The lowest BCUT2D eigenvalue weighted by Crippen LogP contribution is -2.28. The summed E-state index contributed by atoms with van der Waals surface area (Å²) in [6, 6.07) is 11.2. The van der Waals surface area contributed by atoms with Crippen molar-refractivity contribution in [2.75, 3.05) is 23.4 Å². The van der Waals surface area contributed by atoms with Crippen LogP contribution in [0.4, 0.5) is 11.4 Å². The van der Waals surface area contributed by atoms with Gasteiger partial charge >= 0.3 is 5.97 Å². The summed E-state index contributed by atoms with van der Waals surface area (Å²) in [5.41, 5.74) is 4.33. The van der Waals surface area contributed by atoms with Crippen LogP contribution in [-0.4, -0.2) is 30.9 Å². The Labute approximate surface area is 187 Å². The highest BCUT2D eigenvalue weighted by Crippen LogP contribution is 2.31. The molecule has 1 atom stereocenters. The van der Waals surface area contributed by atoms with Gasteiger partial charge in [-0.1, -0.05) is 49.7 Å². The molecular weight excluding hydrogens is 416 g/mol. The number of aryl methyl sites for hydroxylation is 2. The van der Waals surface area contributed by atoms with Crippen LogP contribution in [0.1, 0.15) is 37.0 Å². The molecule has 6 nitrogen and oxygen atoms in total. The lowest BCUT2D eigenvalue weighted by molar-refractivity contribution is -0.151. The van der Waals surface area contributed by atoms with Crippen molar-refractivity contribution in [1.82, 2.24) is 0 Å². The molecule has 1 N–H and O–H groups in total. The standard InChI is InChI=1S/C24H27ClN2O4/c1-4-16-8-6-9-17(5-2)23(16)26-21(28)14-31-24(30)18-12-22(29)27(13-18)20-11-7-10-19(25)15(20)3/h6-11,18H,4-5,12-14H2,1-3H3,(H,26,28)/t18-/m0/s1. The summed E-state index contributed by atoms with van der Waals surface area (Å²) >= 11 is 6.16. The number of carbonyl (C=O) groups is 3. The van der Waals surface area contributed by atoms with Gasteiger partial charge in [-0.25, -0.2) is 0 Å². The largest absolute Gasteiger partial charge is 0.455 e. The van der Waals surface area contributed by atoms with Crippen LogP contribution in [-0.2, 0) is 32.0 Å². The monoisotopic (exact) mass is 442 g/mol. The highest BCUT2D eigenvalue weighted by molar-refractivity contribution is 6.31. The number of amides is 2. The number of ether oxygens (including phenoxy) is 1. The van der Waals surface area contributed by atoms with Gasteiger partial charge in [0.15, 0.2) is 6.61 Å². The maximum absolute atomic E-state index is 12.5. The van der Waals surface area contributed by atoms with E-state index in [-0.39, 0.29) is 25.5 Å². The molecule has 0 radical (unpaired) electrons. The van der Waals surface area contributed by atoms with Gasteiger partial charge in [-0.05, 0) is 48.6 Å². The molecule has 0 aliphatic carbocycles. The van der Waals surface area contributed by atoms with Crippen LogP contribution in [0.3, 0.4) is 0 Å². The third-order valence-electron chi connectivity index (χ3n) is 5.60. The summed E-state index contributed by atoms with van der Waals surface area (Å²) in [5, 5.41) is 3.44. The van der Waals surface area contributed by atoms with Crippen LogP contribution in [0.25, 0.3) is 0 Å². The predicted molar refractivity (Wildman–Crippen MR) is 121 cm³/mol. The fourth-order valence-electron chi connectivity index (χ4n) is 3.82. The van der Waals surface area contributed by atoms with Crippen LogP contribution < -0.4 is 10.2 Å². The number of carbonyl (C=O) groups excluding carboxylic acids is 3. The summed E-state index contributed by atoms with van der Waals surface area (Å²) in [6.07, 6.45) is 1.61. The minimum atomic E-state index is -0.618. The highest BCUT2D eigenvalue weighted by Gasteiger charge is 2.37. The fourth-order valence-corrected chi connectivity index (χ4v) is 3.99. The van der Waals surface area contributed by atoms with Crippen LogP contribution in [0.15, 0.2) is 36.4 Å². The van der Waals surface area contributed by atoms with Crippen molar-refractivity contribution in [2.24, 2.45) is 5.92 Å². The van der Waals surface area contributed by atoms with Crippen molar-refractivity contribution in [2.45, 2.75) is 40.0 Å². The number of nitrogens with zero attached hydrogens (tertiary/aromatic N) is 1. The average molecular weight is 443 g/mol. The topological polar surface area (TPSA) is 75.7 Å². The second-order valence-electron chi connectivity index (χ2n) is 7.60. The van der Waals surface area contributed by atoms with Gasteiger partial charge in [-0.3, -0.25) is 14.4 Å². The number of rotatable bonds is 7. The Morgan fingerprint density at radius 1 is 1.13 bits per heavy atom. The Bertz CT molecular complexity index is 983.